The Morgan fingerprint density at radius 2 is 0.700 bits per heavy atom. The Kier molecular flexibility index (Phi) is 8.99. The van der Waals surface area contributed by atoms with Gasteiger partial charge in [0.1, 0.15) is 32.4 Å². The van der Waals surface area contributed by atoms with Gasteiger partial charge >= 0.3 is 5.42 Å². The van der Waals surface area contributed by atoms with E-state index in [4.69, 9.17) is 0 Å². The van der Waals surface area contributed by atoms with Crippen molar-refractivity contribution >= 4 is 44.3 Å². The molecule has 1 aliphatic heterocycles. The number of hydrogen-bond acceptors (Lipinski definition) is 1. The van der Waals surface area contributed by atoms with Gasteiger partial charge in [-0.1, -0.05) is 52.8 Å². The molecule has 50 heavy (non-hydrogen) atoms. The van der Waals surface area contributed by atoms with Gasteiger partial charge in [0.25, 0.3) is 0 Å². The first kappa shape index (κ1) is 35.4. The molecule has 0 fully saturated rings. The number of thioether (sulfide) groups is 1. The lowest BCUT2D eigenvalue weighted by Gasteiger charge is -2.51. The normalized spacial score (nSPS) is 15.5. The molecule has 0 saturated carbocycles. The highest BCUT2D eigenvalue weighted by Gasteiger charge is 2.68. The van der Waals surface area contributed by atoms with Crippen LogP contribution in [0.2, 0.25) is 0 Å². The molecule has 258 valence electrons. The Morgan fingerprint density at radius 1 is 0.380 bits per heavy atom. The highest BCUT2D eigenvalue weighted by molar-refractivity contribution is 8.43. The predicted molar refractivity (Wildman–Crippen MR) is 155 cm³/mol. The van der Waals surface area contributed by atoms with Gasteiger partial charge in [0.05, 0.1) is 0 Å². The third-order valence-electron chi connectivity index (χ3n) is 7.91. The number of benzene rings is 5. The zero-order chi connectivity index (χ0) is 36.6. The smallest absolute Gasteiger partial charge is 0.207 e. The van der Waals surface area contributed by atoms with Crippen molar-refractivity contribution < 1.29 is 65.9 Å². The van der Waals surface area contributed by atoms with Gasteiger partial charge in [-0.3, -0.25) is 0 Å². The average Bonchev–Trinajstić information content (AvgIpc) is 3.12. The van der Waals surface area contributed by atoms with Crippen molar-refractivity contribution in [2.24, 2.45) is 0 Å². The second-order valence-corrected chi connectivity index (χ2v) is 14.1. The van der Waals surface area contributed by atoms with E-state index in [1.54, 1.807) is 0 Å². The quantitative estimate of drug-likeness (QED) is 0.0548. The Balaban J connectivity index is 1.99. The summed E-state index contributed by atoms with van der Waals surface area (Å²) in [6, 6.07) is 12.3. The summed E-state index contributed by atoms with van der Waals surface area (Å²) < 4.78 is 228. The Labute approximate surface area is 277 Å². The maximum absolute atomic E-state index is 16.1. The lowest BCUT2D eigenvalue weighted by atomic mass is 9.32. The molecule has 0 saturated heterocycles. The van der Waals surface area contributed by atoms with Gasteiger partial charge in [-0.05, 0) is 36.0 Å². The third kappa shape index (κ3) is 4.85. The van der Waals surface area contributed by atoms with Crippen LogP contribution in [0.5, 0.6) is 0 Å². The topological polar surface area (TPSA) is 0 Å². The largest absolute Gasteiger partial charge is 0.333 e. The molecule has 0 aliphatic carbocycles. The molecule has 0 bridgehead atoms. The first-order valence-electron chi connectivity index (χ1n) is 13.6. The van der Waals surface area contributed by atoms with E-state index in [0.717, 1.165) is 24.3 Å². The van der Waals surface area contributed by atoms with Crippen LogP contribution in [0.1, 0.15) is 5.56 Å². The van der Waals surface area contributed by atoms with Crippen LogP contribution in [-0.2, 0) is 10.7 Å². The van der Waals surface area contributed by atoms with Crippen molar-refractivity contribution in [1.29, 1.82) is 0 Å². The van der Waals surface area contributed by atoms with E-state index in [1.807, 2.05) is 0 Å². The van der Waals surface area contributed by atoms with Crippen LogP contribution in [0, 0.1) is 87.3 Å². The number of halogens is 15. The van der Waals surface area contributed by atoms with Crippen LogP contribution in [0.25, 0.3) is 5.47 Å². The molecule has 0 spiro atoms. The monoisotopic (exact) mass is 754 g/mol. The zero-order valence-corrected chi connectivity index (χ0v) is 25.5. The van der Waals surface area contributed by atoms with Gasteiger partial charge in [0.15, 0.2) is 58.2 Å². The predicted octanol–water partition coefficient (Wildman–Crippen LogP) is 9.22. The summed E-state index contributed by atoms with van der Waals surface area (Å²) in [6.45, 7) is 0. The van der Waals surface area contributed by atoms with Gasteiger partial charge in [0, 0.05) is 10.5 Å². The number of rotatable bonds is 6. The van der Waals surface area contributed by atoms with Gasteiger partial charge in [-0.2, -0.15) is 0 Å². The first-order valence-corrected chi connectivity index (χ1v) is 15.7. The Bertz CT molecular complexity index is 2110. The minimum absolute atomic E-state index is 0.0107. The van der Waals surface area contributed by atoms with Crippen LogP contribution < -0.4 is 10.9 Å². The Morgan fingerprint density at radius 3 is 1.08 bits per heavy atom. The summed E-state index contributed by atoms with van der Waals surface area (Å²) in [7, 11) is -2.79. The fraction of sp³-hybridized carbons (Fsp3) is 0. The molecule has 0 radical (unpaired) electrons. The molecule has 1 heterocycles. The zero-order valence-electron chi connectivity index (χ0n) is 23.8. The summed E-state index contributed by atoms with van der Waals surface area (Å²) in [4.78, 5) is -0.400. The van der Waals surface area contributed by atoms with Gasteiger partial charge < -0.3 is 0 Å². The van der Waals surface area contributed by atoms with Crippen molar-refractivity contribution in [1.82, 2.24) is 0 Å². The van der Waals surface area contributed by atoms with Crippen molar-refractivity contribution in [3.05, 3.63) is 158 Å². The molecule has 18 heteroatoms. The summed E-state index contributed by atoms with van der Waals surface area (Å²) in [5, 5.41) is 0. The van der Waals surface area contributed by atoms with Crippen LogP contribution in [0.4, 0.5) is 65.9 Å². The van der Waals surface area contributed by atoms with Crippen molar-refractivity contribution in [3.63, 3.8) is 0 Å². The molecule has 5 aromatic carbocycles. The molecule has 1 unspecified atom stereocenters. The van der Waals surface area contributed by atoms with E-state index < -0.39 is 135 Å². The van der Waals surface area contributed by atoms with Crippen LogP contribution in [-0.4, -0.2) is 5.42 Å². The second kappa shape index (κ2) is 12.7. The molecule has 6 rings (SSSR count). The Hall–Kier alpha value is -4.45. The van der Waals surface area contributed by atoms with Crippen LogP contribution in [0.3, 0.4) is 0 Å². The molecule has 0 N–H and O–H groups in total. The molecule has 0 nitrogen and oxygen atoms in total. The molecule has 1 atom stereocenters. The van der Waals surface area contributed by atoms with Crippen molar-refractivity contribution in [2.75, 3.05) is 0 Å². The summed E-state index contributed by atoms with van der Waals surface area (Å²) >= 11 is 0.330. The van der Waals surface area contributed by atoms with Gasteiger partial charge in [-0.25, -0.2) is 65.9 Å². The first-order chi connectivity index (χ1) is 23.6. The van der Waals surface area contributed by atoms with E-state index in [-0.39, 0.29) is 4.90 Å². The molecular formula is C32H10BF15S2. The fourth-order valence-electron chi connectivity index (χ4n) is 5.85. The molecule has 1 aliphatic rings. The highest BCUT2D eigenvalue weighted by Crippen LogP contribution is 2.59. The number of hydrogen-bond donors (Lipinski definition) is 0. The second-order valence-electron chi connectivity index (χ2n) is 10.5. The molecule has 5 aromatic rings. The maximum Gasteiger partial charge on any atom is 0.333 e. The van der Waals surface area contributed by atoms with Gasteiger partial charge in [-0.15, -0.1) is 10.7 Å². The average molecular weight is 754 g/mol. The van der Waals surface area contributed by atoms with Crippen molar-refractivity contribution in [3.8, 4) is 0 Å². The van der Waals surface area contributed by atoms with Crippen LogP contribution in [0.15, 0.2) is 74.7 Å². The van der Waals surface area contributed by atoms with E-state index in [1.165, 1.54) is 36.4 Å². The van der Waals surface area contributed by atoms with E-state index in [2.05, 4.69) is 0 Å². The van der Waals surface area contributed by atoms with E-state index in [9.17, 15) is 22.0 Å². The SMILES string of the molecule is Fc1c(F)c(F)c(C2=C(Sc3ccccc3)[S+](c3ccccc3)[B-]2(c2c(F)c(F)c(F)c(F)c2F)c2c(F)c(F)c(F)c(F)c2F)c(F)c1F. The third-order valence-corrected chi connectivity index (χ3v) is 12.4. The van der Waals surface area contributed by atoms with E-state index in [0.29, 0.717) is 11.8 Å². The fourth-order valence-corrected chi connectivity index (χ4v) is 11.3. The molecule has 0 amide bonds. The minimum Gasteiger partial charge on any atom is -0.207 e. The highest BCUT2D eigenvalue weighted by atomic mass is 32.2. The maximum atomic E-state index is 16.1. The standard InChI is InChI=1S/C32H10BF15S2/c34-17-13(18(35)24(41)29(46)23(17)40)14-32(49-11-7-3-1-4-8-11)50(12-9-5-2-6-10-12)33(14,15-19(36)25(42)30(47)26(43)20(15)37)16-21(38)27(44)31(48)28(45)22(16)39/h1-10H. The van der Waals surface area contributed by atoms with Crippen molar-refractivity contribution in [2.45, 2.75) is 9.79 Å². The van der Waals surface area contributed by atoms with Crippen LogP contribution >= 0.6 is 11.8 Å². The van der Waals surface area contributed by atoms with Gasteiger partial charge in [0.2, 0.25) is 5.82 Å². The molecular weight excluding hydrogens is 744 g/mol. The van der Waals surface area contributed by atoms with E-state index >= 15 is 43.9 Å². The lowest BCUT2D eigenvalue weighted by Crippen LogP contribution is -2.74. The lowest BCUT2D eigenvalue weighted by molar-refractivity contribution is 0.376. The summed E-state index contributed by atoms with van der Waals surface area (Å²) in [5.74, 6) is -42.8. The molecule has 0 aromatic heterocycles. The summed E-state index contributed by atoms with van der Waals surface area (Å²) in [6.07, 6.45) is 0. The summed E-state index contributed by atoms with van der Waals surface area (Å²) in [5.41, 5.74) is -13.8. The minimum atomic E-state index is -5.22.